The second-order valence-electron chi connectivity index (χ2n) is 3.78. The number of benzene rings is 1. The Bertz CT molecular complexity index is 493. The third-order valence-electron chi connectivity index (χ3n) is 2.49. The first-order chi connectivity index (χ1) is 7.63. The van der Waals surface area contributed by atoms with Crippen LogP contribution in [0.15, 0.2) is 18.2 Å². The number of aliphatic hydroxyl groups is 1. The van der Waals surface area contributed by atoms with Crippen LogP contribution in [0.2, 0.25) is 0 Å². The number of para-hydroxylation sites is 1. The van der Waals surface area contributed by atoms with Crippen LogP contribution in [0.3, 0.4) is 0 Å². The Balaban J connectivity index is 2.51. The molecule has 4 N–H and O–H groups in total. The van der Waals surface area contributed by atoms with Crippen molar-refractivity contribution < 1.29 is 9.84 Å². The summed E-state index contributed by atoms with van der Waals surface area (Å²) >= 11 is 0. The average molecular weight is 221 g/mol. The number of hydrogen-bond acceptors (Lipinski definition) is 4. The van der Waals surface area contributed by atoms with E-state index in [9.17, 15) is 5.11 Å². The van der Waals surface area contributed by atoms with Crippen LogP contribution in [0, 0.1) is 0 Å². The van der Waals surface area contributed by atoms with Crippen LogP contribution in [0.4, 0.5) is 0 Å². The van der Waals surface area contributed by atoms with E-state index in [0.717, 1.165) is 5.52 Å². The van der Waals surface area contributed by atoms with Gasteiger partial charge in [0, 0.05) is 6.04 Å². The number of nitrogens with two attached hydrogens (primary N) is 1. The van der Waals surface area contributed by atoms with Crippen LogP contribution in [0.25, 0.3) is 11.0 Å². The van der Waals surface area contributed by atoms with Crippen molar-refractivity contribution in [2.24, 2.45) is 5.73 Å². The van der Waals surface area contributed by atoms with Crippen LogP contribution in [-0.4, -0.2) is 28.2 Å². The van der Waals surface area contributed by atoms with Gasteiger partial charge in [0.25, 0.3) is 0 Å². The monoisotopic (exact) mass is 221 g/mol. The number of aromatic nitrogens is 2. The maximum atomic E-state index is 9.80. The fourth-order valence-corrected chi connectivity index (χ4v) is 1.58. The number of nitrogens with zero attached hydrogens (tertiary/aromatic N) is 1. The molecule has 5 nitrogen and oxygen atoms in total. The Hall–Kier alpha value is -1.59. The summed E-state index contributed by atoms with van der Waals surface area (Å²) in [5.41, 5.74) is 7.15. The molecular formula is C11H15N3O2. The molecule has 0 aliphatic rings. The molecule has 1 aromatic carbocycles. The third-order valence-corrected chi connectivity index (χ3v) is 2.49. The molecule has 2 rings (SSSR count). The molecule has 0 spiro atoms. The van der Waals surface area contributed by atoms with E-state index in [1.165, 1.54) is 0 Å². The molecule has 16 heavy (non-hydrogen) atoms. The van der Waals surface area contributed by atoms with Crippen LogP contribution in [-0.2, 0) is 0 Å². The van der Waals surface area contributed by atoms with E-state index in [2.05, 4.69) is 9.97 Å². The van der Waals surface area contributed by atoms with Gasteiger partial charge >= 0.3 is 0 Å². The molecule has 5 heteroatoms. The number of fused-ring (bicyclic) bond motifs is 1. The molecule has 2 aromatic rings. The molecule has 0 fully saturated rings. The number of hydrogen-bond donors (Lipinski definition) is 3. The quantitative estimate of drug-likeness (QED) is 0.720. The van der Waals surface area contributed by atoms with Gasteiger partial charge in [0.15, 0.2) is 0 Å². The minimum atomic E-state index is -0.794. The van der Waals surface area contributed by atoms with E-state index in [0.29, 0.717) is 17.1 Å². The van der Waals surface area contributed by atoms with Gasteiger partial charge in [-0.15, -0.1) is 0 Å². The lowest BCUT2D eigenvalue weighted by molar-refractivity contribution is 0.145. The Labute approximate surface area is 93.2 Å². The van der Waals surface area contributed by atoms with Gasteiger partial charge in [-0.1, -0.05) is 6.07 Å². The summed E-state index contributed by atoms with van der Waals surface area (Å²) in [6, 6.07) is 5.20. The second kappa shape index (κ2) is 4.11. The topological polar surface area (TPSA) is 84.2 Å². The van der Waals surface area contributed by atoms with Crippen molar-refractivity contribution in [3.63, 3.8) is 0 Å². The summed E-state index contributed by atoms with van der Waals surface area (Å²) in [7, 11) is 1.59. The van der Waals surface area contributed by atoms with Crippen molar-refractivity contribution in [1.29, 1.82) is 0 Å². The van der Waals surface area contributed by atoms with E-state index < -0.39 is 6.10 Å². The maximum Gasteiger partial charge on any atom is 0.146 e. The van der Waals surface area contributed by atoms with Crippen molar-refractivity contribution in [1.82, 2.24) is 9.97 Å². The first kappa shape index (κ1) is 10.9. The zero-order valence-electron chi connectivity index (χ0n) is 9.27. The van der Waals surface area contributed by atoms with Gasteiger partial charge in [0.1, 0.15) is 23.2 Å². The molecule has 1 heterocycles. The van der Waals surface area contributed by atoms with Crippen LogP contribution in [0.1, 0.15) is 18.9 Å². The Kier molecular flexibility index (Phi) is 2.80. The molecule has 1 aromatic heterocycles. The van der Waals surface area contributed by atoms with Gasteiger partial charge in [0.2, 0.25) is 0 Å². The molecule has 86 valence electrons. The average Bonchev–Trinajstić information content (AvgIpc) is 2.70. The molecule has 0 bridgehead atoms. The fraction of sp³-hybridized carbons (Fsp3) is 0.364. The lowest BCUT2D eigenvalue weighted by Crippen LogP contribution is -2.25. The van der Waals surface area contributed by atoms with Crippen molar-refractivity contribution in [3.05, 3.63) is 24.0 Å². The molecule has 0 saturated carbocycles. The number of methoxy groups -OCH3 is 1. The normalized spacial score (nSPS) is 15.0. The summed E-state index contributed by atoms with van der Waals surface area (Å²) in [5.74, 6) is 1.14. The van der Waals surface area contributed by atoms with Crippen molar-refractivity contribution >= 4 is 11.0 Å². The van der Waals surface area contributed by atoms with E-state index in [-0.39, 0.29) is 6.04 Å². The second-order valence-corrected chi connectivity index (χ2v) is 3.78. The van der Waals surface area contributed by atoms with Gasteiger partial charge in [-0.3, -0.25) is 0 Å². The summed E-state index contributed by atoms with van der Waals surface area (Å²) in [6.07, 6.45) is -0.794. The molecule has 0 saturated heterocycles. The van der Waals surface area contributed by atoms with Gasteiger partial charge in [-0.05, 0) is 19.1 Å². The summed E-state index contributed by atoms with van der Waals surface area (Å²) in [4.78, 5) is 7.32. The fourth-order valence-electron chi connectivity index (χ4n) is 1.58. The van der Waals surface area contributed by atoms with Crippen LogP contribution in [0.5, 0.6) is 5.75 Å². The number of aromatic amines is 1. The van der Waals surface area contributed by atoms with Crippen molar-refractivity contribution in [2.45, 2.75) is 19.1 Å². The van der Waals surface area contributed by atoms with E-state index in [1.54, 1.807) is 14.0 Å². The van der Waals surface area contributed by atoms with Gasteiger partial charge in [0.05, 0.1) is 12.6 Å². The smallest absolute Gasteiger partial charge is 0.146 e. The number of imidazole rings is 1. The molecular weight excluding hydrogens is 206 g/mol. The van der Waals surface area contributed by atoms with Crippen LogP contribution < -0.4 is 10.5 Å². The third kappa shape index (κ3) is 1.75. The van der Waals surface area contributed by atoms with E-state index >= 15 is 0 Å². The first-order valence-electron chi connectivity index (χ1n) is 5.09. The minimum Gasteiger partial charge on any atom is -0.494 e. The first-order valence-corrected chi connectivity index (χ1v) is 5.09. The SMILES string of the molecule is COc1cccc2[nH]c(C(O)C(C)N)nc12. The predicted molar refractivity (Wildman–Crippen MR) is 61.3 cm³/mol. The largest absolute Gasteiger partial charge is 0.494 e. The number of H-pyrrole nitrogens is 1. The maximum absolute atomic E-state index is 9.80. The molecule has 2 unspecified atom stereocenters. The van der Waals surface area contributed by atoms with Gasteiger partial charge in [-0.25, -0.2) is 4.98 Å². The van der Waals surface area contributed by atoms with E-state index in [1.807, 2.05) is 18.2 Å². The minimum absolute atomic E-state index is 0.369. The highest BCUT2D eigenvalue weighted by Gasteiger charge is 2.17. The summed E-state index contributed by atoms with van der Waals surface area (Å²) in [5, 5.41) is 9.80. The Morgan fingerprint density at radius 2 is 2.25 bits per heavy atom. The lowest BCUT2D eigenvalue weighted by atomic mass is 10.2. The summed E-state index contributed by atoms with van der Waals surface area (Å²) < 4.78 is 5.19. The standard InChI is InChI=1S/C11H15N3O2/c1-6(12)10(15)11-13-7-4-3-5-8(16-2)9(7)14-11/h3-6,10,15H,12H2,1-2H3,(H,13,14). The molecule has 0 aliphatic carbocycles. The van der Waals surface area contributed by atoms with Crippen molar-refractivity contribution in [3.8, 4) is 5.75 Å². The van der Waals surface area contributed by atoms with E-state index in [4.69, 9.17) is 10.5 Å². The highest BCUT2D eigenvalue weighted by molar-refractivity contribution is 5.81. The molecule has 0 radical (unpaired) electrons. The highest BCUT2D eigenvalue weighted by Crippen LogP contribution is 2.25. The molecule has 2 atom stereocenters. The van der Waals surface area contributed by atoms with Crippen molar-refractivity contribution in [2.75, 3.05) is 7.11 Å². The Morgan fingerprint density at radius 3 is 2.88 bits per heavy atom. The highest BCUT2D eigenvalue weighted by atomic mass is 16.5. The number of aliphatic hydroxyl groups excluding tert-OH is 1. The lowest BCUT2D eigenvalue weighted by Gasteiger charge is -2.10. The molecule has 0 amide bonds. The number of ether oxygens (including phenoxy) is 1. The molecule has 0 aliphatic heterocycles. The number of nitrogens with one attached hydrogen (secondary N) is 1. The zero-order chi connectivity index (χ0) is 11.7. The Morgan fingerprint density at radius 1 is 1.50 bits per heavy atom. The van der Waals surface area contributed by atoms with Gasteiger partial charge in [-0.2, -0.15) is 0 Å². The number of rotatable bonds is 3. The van der Waals surface area contributed by atoms with Crippen LogP contribution >= 0.6 is 0 Å². The van der Waals surface area contributed by atoms with Gasteiger partial charge < -0.3 is 20.6 Å². The summed E-state index contributed by atoms with van der Waals surface area (Å²) in [6.45, 7) is 1.73. The predicted octanol–water partition coefficient (Wildman–Crippen LogP) is 0.952. The zero-order valence-corrected chi connectivity index (χ0v) is 9.27.